The third-order valence-electron chi connectivity index (χ3n) is 4.53. The van der Waals surface area contributed by atoms with Gasteiger partial charge in [-0.25, -0.2) is 4.79 Å². The van der Waals surface area contributed by atoms with Gasteiger partial charge in [0.05, 0.1) is 6.61 Å². The highest BCUT2D eigenvalue weighted by atomic mass is 16.5. The summed E-state index contributed by atoms with van der Waals surface area (Å²) < 4.78 is 4.99. The molecule has 8 heteroatoms. The maximum Gasteiger partial charge on any atom is 0.318 e. The number of nitrogens with zero attached hydrogens (tertiary/aromatic N) is 2. The molecule has 1 atom stereocenters. The number of piperazine rings is 1. The summed E-state index contributed by atoms with van der Waals surface area (Å²) >= 11 is 0. The van der Waals surface area contributed by atoms with Crippen molar-refractivity contribution in [3.05, 3.63) is 35.9 Å². The fourth-order valence-corrected chi connectivity index (χ4v) is 3.01. The highest BCUT2D eigenvalue weighted by Gasteiger charge is 2.28. The number of amides is 3. The number of carbonyl (C=O) groups is 3. The van der Waals surface area contributed by atoms with Gasteiger partial charge in [-0.15, -0.1) is 0 Å². The summed E-state index contributed by atoms with van der Waals surface area (Å²) in [6.45, 7) is 1.91. The van der Waals surface area contributed by atoms with Gasteiger partial charge in [-0.1, -0.05) is 30.3 Å². The molecule has 0 bridgehead atoms. The SMILES string of the molecule is COCCN1CCN(C(=O)NC(CCC(=O)O)Cc2ccccc2)CC1=O. The zero-order chi connectivity index (χ0) is 19.6. The molecule has 1 aliphatic rings. The molecule has 0 spiro atoms. The van der Waals surface area contributed by atoms with Gasteiger partial charge in [0.2, 0.25) is 5.91 Å². The molecule has 1 saturated heterocycles. The van der Waals surface area contributed by atoms with Crippen LogP contribution >= 0.6 is 0 Å². The lowest BCUT2D eigenvalue weighted by molar-refractivity contribution is -0.137. The van der Waals surface area contributed by atoms with Crippen molar-refractivity contribution >= 4 is 17.9 Å². The lowest BCUT2D eigenvalue weighted by Crippen LogP contribution is -2.56. The molecule has 1 fully saturated rings. The Bertz CT molecular complexity index is 637. The van der Waals surface area contributed by atoms with Gasteiger partial charge in [0.25, 0.3) is 0 Å². The summed E-state index contributed by atoms with van der Waals surface area (Å²) in [6, 6.07) is 8.96. The molecule has 148 valence electrons. The number of hydrogen-bond donors (Lipinski definition) is 2. The summed E-state index contributed by atoms with van der Waals surface area (Å²) in [5, 5.41) is 11.9. The lowest BCUT2D eigenvalue weighted by atomic mass is 10.0. The largest absolute Gasteiger partial charge is 0.481 e. The second-order valence-corrected chi connectivity index (χ2v) is 6.56. The second kappa shape index (κ2) is 10.5. The molecule has 8 nitrogen and oxygen atoms in total. The van der Waals surface area contributed by atoms with Crippen molar-refractivity contribution in [3.63, 3.8) is 0 Å². The number of hydrogen-bond acceptors (Lipinski definition) is 4. The van der Waals surface area contributed by atoms with Crippen LogP contribution in [0.1, 0.15) is 18.4 Å². The number of carboxylic acids is 1. The van der Waals surface area contributed by atoms with Gasteiger partial charge < -0.3 is 25.0 Å². The van der Waals surface area contributed by atoms with Gasteiger partial charge in [0.1, 0.15) is 6.54 Å². The first kappa shape index (κ1) is 20.7. The molecule has 0 saturated carbocycles. The summed E-state index contributed by atoms with van der Waals surface area (Å²) in [6.07, 6.45) is 0.848. The van der Waals surface area contributed by atoms with Crippen LogP contribution in [0.2, 0.25) is 0 Å². The van der Waals surface area contributed by atoms with Crippen molar-refractivity contribution in [3.8, 4) is 0 Å². The van der Waals surface area contributed by atoms with E-state index < -0.39 is 5.97 Å². The van der Waals surface area contributed by atoms with Gasteiger partial charge in [-0.2, -0.15) is 0 Å². The Balaban J connectivity index is 1.92. The Labute approximate surface area is 159 Å². The summed E-state index contributed by atoms with van der Waals surface area (Å²) in [7, 11) is 1.58. The first-order chi connectivity index (χ1) is 13.0. The molecule has 2 rings (SSSR count). The van der Waals surface area contributed by atoms with E-state index in [9.17, 15) is 14.4 Å². The minimum Gasteiger partial charge on any atom is -0.481 e. The van der Waals surface area contributed by atoms with Crippen LogP contribution in [0.25, 0.3) is 0 Å². The normalized spacial score (nSPS) is 15.5. The molecule has 1 aromatic rings. The van der Waals surface area contributed by atoms with E-state index in [0.29, 0.717) is 39.1 Å². The number of rotatable bonds is 9. The molecule has 0 radical (unpaired) electrons. The Hall–Kier alpha value is -2.61. The van der Waals surface area contributed by atoms with Crippen LogP contribution in [-0.2, 0) is 20.7 Å². The van der Waals surface area contributed by atoms with Crippen LogP contribution in [0.5, 0.6) is 0 Å². The third-order valence-corrected chi connectivity index (χ3v) is 4.53. The van der Waals surface area contributed by atoms with Crippen molar-refractivity contribution in [2.45, 2.75) is 25.3 Å². The van der Waals surface area contributed by atoms with Gasteiger partial charge >= 0.3 is 12.0 Å². The molecule has 1 unspecified atom stereocenters. The summed E-state index contributed by atoms with van der Waals surface area (Å²) in [4.78, 5) is 38.8. The number of nitrogens with one attached hydrogen (secondary N) is 1. The molecule has 3 amide bonds. The minimum atomic E-state index is -0.899. The van der Waals surface area contributed by atoms with E-state index in [-0.39, 0.29) is 30.9 Å². The lowest BCUT2D eigenvalue weighted by Gasteiger charge is -2.35. The zero-order valence-electron chi connectivity index (χ0n) is 15.6. The van der Waals surface area contributed by atoms with Gasteiger partial charge in [-0.05, 0) is 18.4 Å². The van der Waals surface area contributed by atoms with Crippen molar-refractivity contribution in [1.82, 2.24) is 15.1 Å². The first-order valence-electron chi connectivity index (χ1n) is 9.07. The number of carbonyl (C=O) groups excluding carboxylic acids is 2. The Morgan fingerprint density at radius 3 is 2.63 bits per heavy atom. The fraction of sp³-hybridized carbons (Fsp3) is 0.526. The molecule has 1 aromatic carbocycles. The molecule has 0 aliphatic carbocycles. The number of benzene rings is 1. The number of aliphatic carboxylic acids is 1. The Kier molecular flexibility index (Phi) is 8.06. The fourth-order valence-electron chi connectivity index (χ4n) is 3.01. The summed E-state index contributed by atoms with van der Waals surface area (Å²) in [5.74, 6) is -1.01. The van der Waals surface area contributed by atoms with Crippen LogP contribution in [0, 0.1) is 0 Å². The predicted molar refractivity (Wildman–Crippen MR) is 99.4 cm³/mol. The van der Waals surface area contributed by atoms with Crippen LogP contribution in [-0.4, -0.2) is 78.8 Å². The maximum absolute atomic E-state index is 12.6. The molecule has 27 heavy (non-hydrogen) atoms. The van der Waals surface area contributed by atoms with Crippen LogP contribution in [0.4, 0.5) is 4.79 Å². The van der Waals surface area contributed by atoms with Gasteiger partial charge in [-0.3, -0.25) is 9.59 Å². The van der Waals surface area contributed by atoms with Crippen molar-refractivity contribution in [1.29, 1.82) is 0 Å². The number of carboxylic acid groups (broad SMARTS) is 1. The van der Waals surface area contributed by atoms with Gasteiger partial charge in [0.15, 0.2) is 0 Å². The molecule has 1 aliphatic heterocycles. The predicted octanol–water partition coefficient (Wildman–Crippen LogP) is 0.963. The highest BCUT2D eigenvalue weighted by Crippen LogP contribution is 2.10. The molecule has 2 N–H and O–H groups in total. The van der Waals surface area contributed by atoms with E-state index in [1.165, 1.54) is 4.90 Å². The van der Waals surface area contributed by atoms with Crippen LogP contribution < -0.4 is 5.32 Å². The van der Waals surface area contributed by atoms with E-state index in [1.54, 1.807) is 12.0 Å². The number of ether oxygens (including phenoxy) is 1. The van der Waals surface area contributed by atoms with E-state index in [0.717, 1.165) is 5.56 Å². The monoisotopic (exact) mass is 377 g/mol. The second-order valence-electron chi connectivity index (χ2n) is 6.56. The Morgan fingerprint density at radius 1 is 1.26 bits per heavy atom. The average molecular weight is 377 g/mol. The van der Waals surface area contributed by atoms with Crippen LogP contribution in [0.15, 0.2) is 30.3 Å². The van der Waals surface area contributed by atoms with E-state index >= 15 is 0 Å². The minimum absolute atomic E-state index is 0.0204. The van der Waals surface area contributed by atoms with E-state index in [4.69, 9.17) is 9.84 Å². The third kappa shape index (κ3) is 6.90. The first-order valence-corrected chi connectivity index (χ1v) is 9.07. The molecular formula is C19H27N3O5. The molecular weight excluding hydrogens is 350 g/mol. The van der Waals surface area contributed by atoms with Gasteiger partial charge in [0, 0.05) is 39.2 Å². The topological polar surface area (TPSA) is 99.2 Å². The standard InChI is InChI=1S/C19H27N3O5/c1-27-12-11-21-9-10-22(14-17(21)23)19(26)20-16(7-8-18(24)25)13-15-5-3-2-4-6-15/h2-6,16H,7-14H2,1H3,(H,20,26)(H,24,25). The van der Waals surface area contributed by atoms with Crippen LogP contribution in [0.3, 0.4) is 0 Å². The molecule has 0 aromatic heterocycles. The summed E-state index contributed by atoms with van der Waals surface area (Å²) in [5.41, 5.74) is 1.02. The zero-order valence-corrected chi connectivity index (χ0v) is 15.6. The smallest absolute Gasteiger partial charge is 0.318 e. The van der Waals surface area contributed by atoms with E-state index in [2.05, 4.69) is 5.32 Å². The number of urea groups is 1. The highest BCUT2D eigenvalue weighted by molar-refractivity contribution is 5.85. The van der Waals surface area contributed by atoms with E-state index in [1.807, 2.05) is 30.3 Å². The van der Waals surface area contributed by atoms with Crippen molar-refractivity contribution < 1.29 is 24.2 Å². The average Bonchev–Trinajstić information content (AvgIpc) is 2.65. The molecule has 1 heterocycles. The maximum atomic E-state index is 12.6. The quantitative estimate of drug-likeness (QED) is 0.668. The Morgan fingerprint density at radius 2 is 2.00 bits per heavy atom. The van der Waals surface area contributed by atoms with Crippen molar-refractivity contribution in [2.24, 2.45) is 0 Å². The van der Waals surface area contributed by atoms with Crippen molar-refractivity contribution in [2.75, 3.05) is 39.9 Å². The number of methoxy groups -OCH3 is 1.